The summed E-state index contributed by atoms with van der Waals surface area (Å²) in [6.07, 6.45) is 0.680. The molecule has 176 valence electrons. The molecule has 0 radical (unpaired) electrons. The third-order valence-electron chi connectivity index (χ3n) is 5.97. The molecule has 35 heavy (non-hydrogen) atoms. The molecule has 4 nitrogen and oxygen atoms in total. The van der Waals surface area contributed by atoms with E-state index in [0.717, 1.165) is 22.3 Å². The van der Waals surface area contributed by atoms with Crippen LogP contribution in [0.3, 0.4) is 0 Å². The monoisotopic (exact) mass is 462 g/mol. The average molecular weight is 463 g/mol. The molecule has 1 atom stereocenters. The second kappa shape index (κ2) is 12.3. The van der Waals surface area contributed by atoms with E-state index in [9.17, 15) is 9.59 Å². The largest absolute Gasteiger partial charge is 0.350 e. The topological polar surface area (TPSA) is 49.4 Å². The lowest BCUT2D eigenvalue weighted by Crippen LogP contribution is -2.50. The quantitative estimate of drug-likeness (QED) is 0.353. The van der Waals surface area contributed by atoms with Gasteiger partial charge in [-0.2, -0.15) is 0 Å². The van der Waals surface area contributed by atoms with Crippen LogP contribution in [-0.4, -0.2) is 22.8 Å². The number of nitrogens with one attached hydrogen (secondary N) is 1. The zero-order valence-corrected chi connectivity index (χ0v) is 19.7. The minimum atomic E-state index is -0.641. The third-order valence-corrected chi connectivity index (χ3v) is 5.97. The maximum atomic E-state index is 13.7. The lowest BCUT2D eigenvalue weighted by Gasteiger charge is -2.31. The Bertz CT molecular complexity index is 1200. The van der Waals surface area contributed by atoms with Crippen LogP contribution in [0, 0.1) is 0 Å². The van der Waals surface area contributed by atoms with Crippen molar-refractivity contribution in [1.29, 1.82) is 0 Å². The highest BCUT2D eigenvalue weighted by Gasteiger charge is 2.30. The number of carbonyl (C=O) groups excluding carboxylic acids is 2. The maximum Gasteiger partial charge on any atom is 0.243 e. The molecule has 0 aliphatic heterocycles. The molecule has 0 aliphatic carbocycles. The van der Waals surface area contributed by atoms with Crippen molar-refractivity contribution in [3.05, 3.63) is 144 Å². The summed E-state index contributed by atoms with van der Waals surface area (Å²) in [6, 6.07) is 38.6. The lowest BCUT2D eigenvalue weighted by molar-refractivity contribution is -0.140. The lowest BCUT2D eigenvalue weighted by atomic mass is 10.0. The summed E-state index contributed by atoms with van der Waals surface area (Å²) in [5, 5.41) is 3.07. The highest BCUT2D eigenvalue weighted by molar-refractivity contribution is 5.88. The van der Waals surface area contributed by atoms with Crippen molar-refractivity contribution >= 4 is 11.8 Å². The van der Waals surface area contributed by atoms with Crippen LogP contribution in [0.4, 0.5) is 0 Å². The van der Waals surface area contributed by atoms with E-state index in [1.54, 1.807) is 4.90 Å². The fourth-order valence-corrected chi connectivity index (χ4v) is 4.11. The van der Waals surface area contributed by atoms with E-state index in [-0.39, 0.29) is 18.2 Å². The SMILES string of the molecule is O=C(NCc1ccccc1)[C@@H](Cc1ccccc1)N(Cc1ccccc1)C(=O)Cc1ccccc1. The predicted octanol–water partition coefficient (Wildman–Crippen LogP) is 5.19. The second-order valence-corrected chi connectivity index (χ2v) is 8.58. The first-order chi connectivity index (χ1) is 17.2. The first-order valence-corrected chi connectivity index (χ1v) is 11.9. The van der Waals surface area contributed by atoms with Gasteiger partial charge in [-0.1, -0.05) is 121 Å². The summed E-state index contributed by atoms with van der Waals surface area (Å²) in [6.45, 7) is 0.778. The van der Waals surface area contributed by atoms with E-state index in [2.05, 4.69) is 5.32 Å². The zero-order valence-electron chi connectivity index (χ0n) is 19.7. The van der Waals surface area contributed by atoms with Crippen molar-refractivity contribution in [2.75, 3.05) is 0 Å². The number of nitrogens with zero attached hydrogens (tertiary/aromatic N) is 1. The van der Waals surface area contributed by atoms with Gasteiger partial charge in [-0.15, -0.1) is 0 Å². The molecule has 4 aromatic carbocycles. The molecular weight excluding hydrogens is 432 g/mol. The summed E-state index contributed by atoms with van der Waals surface area (Å²) in [5.74, 6) is -0.231. The molecular formula is C31H30N2O2. The van der Waals surface area contributed by atoms with Crippen LogP contribution in [0.5, 0.6) is 0 Å². The normalized spacial score (nSPS) is 11.4. The van der Waals surface area contributed by atoms with Gasteiger partial charge in [-0.05, 0) is 22.3 Å². The summed E-state index contributed by atoms with van der Waals surface area (Å²) in [7, 11) is 0. The molecule has 2 amide bonds. The fourth-order valence-electron chi connectivity index (χ4n) is 4.11. The Labute approximate surface area is 207 Å². The standard InChI is InChI=1S/C31H30N2O2/c34-30(22-26-15-7-2-8-16-26)33(24-28-19-11-4-12-20-28)29(21-25-13-5-1-6-14-25)31(35)32-23-27-17-9-3-10-18-27/h1-20,29H,21-24H2,(H,32,35)/t29-/m1/s1. The molecule has 4 rings (SSSR count). The van der Waals surface area contributed by atoms with Gasteiger partial charge in [-0.25, -0.2) is 0 Å². The van der Waals surface area contributed by atoms with Crippen LogP contribution < -0.4 is 5.32 Å². The molecule has 1 N–H and O–H groups in total. The van der Waals surface area contributed by atoms with E-state index in [1.165, 1.54) is 0 Å². The fraction of sp³-hybridized carbons (Fsp3) is 0.161. The van der Waals surface area contributed by atoms with Crippen molar-refractivity contribution in [3.8, 4) is 0 Å². The van der Waals surface area contributed by atoms with E-state index in [4.69, 9.17) is 0 Å². The van der Waals surface area contributed by atoms with E-state index < -0.39 is 6.04 Å². The van der Waals surface area contributed by atoms with Gasteiger partial charge < -0.3 is 10.2 Å². The number of hydrogen-bond donors (Lipinski definition) is 1. The molecule has 0 aromatic heterocycles. The highest BCUT2D eigenvalue weighted by Crippen LogP contribution is 2.17. The Kier molecular flexibility index (Phi) is 8.44. The van der Waals surface area contributed by atoms with Crippen molar-refractivity contribution in [2.45, 2.75) is 32.0 Å². The van der Waals surface area contributed by atoms with Gasteiger partial charge in [0.25, 0.3) is 0 Å². The maximum absolute atomic E-state index is 13.7. The van der Waals surface area contributed by atoms with Crippen molar-refractivity contribution in [3.63, 3.8) is 0 Å². The van der Waals surface area contributed by atoms with Gasteiger partial charge in [0.1, 0.15) is 6.04 Å². The van der Waals surface area contributed by atoms with Gasteiger partial charge >= 0.3 is 0 Å². The Hall–Kier alpha value is -4.18. The average Bonchev–Trinajstić information content (AvgIpc) is 2.91. The Morgan fingerprint density at radius 3 is 1.60 bits per heavy atom. The number of benzene rings is 4. The molecule has 0 unspecified atom stereocenters. The molecule has 4 heteroatoms. The predicted molar refractivity (Wildman–Crippen MR) is 139 cm³/mol. The number of carbonyl (C=O) groups is 2. The third kappa shape index (κ3) is 7.15. The van der Waals surface area contributed by atoms with Crippen LogP contribution >= 0.6 is 0 Å². The zero-order chi connectivity index (χ0) is 24.3. The van der Waals surface area contributed by atoms with Crippen molar-refractivity contribution < 1.29 is 9.59 Å². The van der Waals surface area contributed by atoms with E-state index in [0.29, 0.717) is 19.5 Å². The molecule has 4 aromatic rings. The van der Waals surface area contributed by atoms with Crippen LogP contribution in [0.1, 0.15) is 22.3 Å². The van der Waals surface area contributed by atoms with Crippen molar-refractivity contribution in [1.82, 2.24) is 10.2 Å². The van der Waals surface area contributed by atoms with Gasteiger partial charge in [0, 0.05) is 19.5 Å². The van der Waals surface area contributed by atoms with E-state index in [1.807, 2.05) is 121 Å². The second-order valence-electron chi connectivity index (χ2n) is 8.58. The molecule has 0 spiro atoms. The molecule has 0 saturated heterocycles. The minimum absolute atomic E-state index is 0.0733. The molecule has 0 aliphatic rings. The Balaban J connectivity index is 1.62. The van der Waals surface area contributed by atoms with Gasteiger partial charge in [-0.3, -0.25) is 9.59 Å². The Morgan fingerprint density at radius 2 is 1.06 bits per heavy atom. The smallest absolute Gasteiger partial charge is 0.243 e. The molecule has 0 bridgehead atoms. The van der Waals surface area contributed by atoms with Gasteiger partial charge in [0.2, 0.25) is 11.8 Å². The molecule has 0 saturated carbocycles. The molecule has 0 heterocycles. The van der Waals surface area contributed by atoms with E-state index >= 15 is 0 Å². The van der Waals surface area contributed by atoms with Crippen molar-refractivity contribution in [2.24, 2.45) is 0 Å². The number of amides is 2. The first kappa shape index (κ1) is 24.0. The van der Waals surface area contributed by atoms with Crippen LogP contribution in [0.2, 0.25) is 0 Å². The van der Waals surface area contributed by atoms with Crippen LogP contribution in [0.25, 0.3) is 0 Å². The summed E-state index contributed by atoms with van der Waals surface area (Å²) < 4.78 is 0. The highest BCUT2D eigenvalue weighted by atomic mass is 16.2. The summed E-state index contributed by atoms with van der Waals surface area (Å²) in [5.41, 5.74) is 3.95. The van der Waals surface area contributed by atoms with Gasteiger partial charge in [0.15, 0.2) is 0 Å². The number of hydrogen-bond acceptors (Lipinski definition) is 2. The van der Waals surface area contributed by atoms with Gasteiger partial charge in [0.05, 0.1) is 6.42 Å². The minimum Gasteiger partial charge on any atom is -0.350 e. The Morgan fingerprint density at radius 1 is 0.600 bits per heavy atom. The van der Waals surface area contributed by atoms with Crippen LogP contribution in [0.15, 0.2) is 121 Å². The summed E-state index contributed by atoms with van der Waals surface area (Å²) >= 11 is 0. The molecule has 0 fully saturated rings. The van der Waals surface area contributed by atoms with Crippen LogP contribution in [-0.2, 0) is 35.5 Å². The number of rotatable bonds is 10. The summed E-state index contributed by atoms with van der Waals surface area (Å²) in [4.78, 5) is 29.0. The first-order valence-electron chi connectivity index (χ1n) is 11.9.